The number of hydrogen-bond donors (Lipinski definition) is 1. The second kappa shape index (κ2) is 7.83. The maximum Gasteiger partial charge on any atom is 0.343 e. The number of carbonyl (C=O) groups is 1. The first kappa shape index (κ1) is 20.2. The van der Waals surface area contributed by atoms with Crippen LogP contribution in [0.1, 0.15) is 19.4 Å². The van der Waals surface area contributed by atoms with Crippen molar-refractivity contribution in [2.24, 2.45) is 0 Å². The van der Waals surface area contributed by atoms with E-state index in [1.165, 1.54) is 54.4 Å². The van der Waals surface area contributed by atoms with Crippen LogP contribution in [-0.2, 0) is 18.4 Å². The third-order valence-electron chi connectivity index (χ3n) is 3.70. The van der Waals surface area contributed by atoms with E-state index < -0.39 is 18.5 Å². The van der Waals surface area contributed by atoms with Crippen LogP contribution >= 0.6 is 7.60 Å². The number of carbonyl (C=O) groups excluding carboxylic acids is 1. The van der Waals surface area contributed by atoms with Gasteiger partial charge in [0, 0.05) is 14.2 Å². The fraction of sp³-hybridized carbons (Fsp3) is 0.438. The molecule has 1 rings (SSSR count). The van der Waals surface area contributed by atoms with Crippen molar-refractivity contribution in [1.82, 2.24) is 0 Å². The molecule has 0 aliphatic heterocycles. The number of ketones is 1. The summed E-state index contributed by atoms with van der Waals surface area (Å²) in [5.41, 5.74) is 0.565. The molecular weight excluding hydrogens is 335 g/mol. The van der Waals surface area contributed by atoms with Crippen molar-refractivity contribution in [2.45, 2.75) is 19.0 Å². The Balaban J connectivity index is 3.17. The van der Waals surface area contributed by atoms with Gasteiger partial charge in [0.1, 0.15) is 5.16 Å². The van der Waals surface area contributed by atoms with Crippen LogP contribution in [0.15, 0.2) is 18.2 Å². The molecular formula is C16H23O7P. The Morgan fingerprint density at radius 3 is 1.92 bits per heavy atom. The van der Waals surface area contributed by atoms with E-state index in [9.17, 15) is 14.5 Å². The van der Waals surface area contributed by atoms with E-state index in [1.807, 2.05) is 0 Å². The van der Waals surface area contributed by atoms with Gasteiger partial charge in [0.2, 0.25) is 5.75 Å². The number of phenols is 1. The molecule has 1 N–H and O–H groups in total. The van der Waals surface area contributed by atoms with E-state index in [0.717, 1.165) is 0 Å². The van der Waals surface area contributed by atoms with E-state index in [0.29, 0.717) is 5.56 Å². The van der Waals surface area contributed by atoms with Crippen LogP contribution in [0.3, 0.4) is 0 Å². The van der Waals surface area contributed by atoms with Gasteiger partial charge in [-0.25, -0.2) is 0 Å². The Morgan fingerprint density at radius 1 is 1.08 bits per heavy atom. The molecule has 0 heterocycles. The second-order valence-electron chi connectivity index (χ2n) is 5.39. The first-order chi connectivity index (χ1) is 11.2. The third-order valence-corrected chi connectivity index (χ3v) is 6.25. The minimum absolute atomic E-state index is 0.132. The highest BCUT2D eigenvalue weighted by molar-refractivity contribution is 7.56. The minimum Gasteiger partial charge on any atom is -0.502 e. The quantitative estimate of drug-likeness (QED) is 0.563. The highest BCUT2D eigenvalue weighted by atomic mass is 31.2. The Kier molecular flexibility index (Phi) is 6.60. The second-order valence-corrected chi connectivity index (χ2v) is 8.24. The number of aromatic hydroxyl groups is 1. The lowest BCUT2D eigenvalue weighted by Crippen LogP contribution is -2.31. The first-order valence-electron chi connectivity index (χ1n) is 7.06. The average molecular weight is 358 g/mol. The van der Waals surface area contributed by atoms with Gasteiger partial charge in [-0.15, -0.1) is 0 Å². The molecule has 0 aliphatic carbocycles. The van der Waals surface area contributed by atoms with Crippen molar-refractivity contribution in [3.63, 3.8) is 0 Å². The van der Waals surface area contributed by atoms with Crippen LogP contribution < -0.4 is 9.47 Å². The van der Waals surface area contributed by atoms with Crippen molar-refractivity contribution >= 4 is 19.5 Å². The van der Waals surface area contributed by atoms with Gasteiger partial charge in [0.05, 0.1) is 14.2 Å². The molecule has 134 valence electrons. The average Bonchev–Trinajstić information content (AvgIpc) is 2.59. The van der Waals surface area contributed by atoms with Crippen LogP contribution in [-0.4, -0.2) is 44.5 Å². The fourth-order valence-electron chi connectivity index (χ4n) is 2.05. The maximum atomic E-state index is 12.5. The summed E-state index contributed by atoms with van der Waals surface area (Å²) < 4.78 is 32.5. The van der Waals surface area contributed by atoms with E-state index in [1.54, 1.807) is 12.1 Å². The number of hydrogen-bond acceptors (Lipinski definition) is 7. The topological polar surface area (TPSA) is 91.3 Å². The van der Waals surface area contributed by atoms with Crippen LogP contribution in [0.2, 0.25) is 0 Å². The SMILES string of the molecule is COc1cc(/C=C/C(=O)C(C)(C)P(=O)(OC)OC)cc(OC)c1O. The molecule has 0 aromatic heterocycles. The van der Waals surface area contributed by atoms with Crippen molar-refractivity contribution in [3.8, 4) is 17.2 Å². The molecule has 8 heteroatoms. The first-order valence-corrected chi connectivity index (χ1v) is 8.60. The van der Waals surface area contributed by atoms with Gasteiger partial charge in [-0.3, -0.25) is 9.36 Å². The predicted molar refractivity (Wildman–Crippen MR) is 91.0 cm³/mol. The van der Waals surface area contributed by atoms with Gasteiger partial charge in [-0.05, 0) is 37.6 Å². The maximum absolute atomic E-state index is 12.5. The molecule has 1 aromatic rings. The third kappa shape index (κ3) is 3.80. The molecule has 1 aromatic carbocycles. The largest absolute Gasteiger partial charge is 0.502 e. The molecule has 0 unspecified atom stereocenters. The molecule has 0 saturated carbocycles. The van der Waals surface area contributed by atoms with Gasteiger partial charge < -0.3 is 23.6 Å². The van der Waals surface area contributed by atoms with Crippen LogP contribution in [0, 0.1) is 0 Å². The molecule has 7 nitrogen and oxygen atoms in total. The summed E-state index contributed by atoms with van der Waals surface area (Å²) in [6.07, 6.45) is 2.78. The van der Waals surface area contributed by atoms with E-state index in [-0.39, 0.29) is 17.2 Å². The number of ether oxygens (including phenoxy) is 2. The lowest BCUT2D eigenvalue weighted by Gasteiger charge is -2.28. The Morgan fingerprint density at radius 2 is 1.54 bits per heavy atom. The van der Waals surface area contributed by atoms with Crippen LogP contribution in [0.5, 0.6) is 17.2 Å². The van der Waals surface area contributed by atoms with E-state index in [4.69, 9.17) is 18.5 Å². The van der Waals surface area contributed by atoms with Gasteiger partial charge in [0.25, 0.3) is 0 Å². The zero-order chi connectivity index (χ0) is 18.5. The van der Waals surface area contributed by atoms with E-state index >= 15 is 0 Å². The Hall–Kier alpha value is -1.82. The number of phenolic OH excluding ortho intramolecular Hbond substituents is 1. The monoisotopic (exact) mass is 358 g/mol. The molecule has 0 amide bonds. The summed E-state index contributed by atoms with van der Waals surface area (Å²) >= 11 is 0. The standard InChI is InChI=1S/C16H23O7P/c1-16(2,24(19,22-5)23-6)14(17)8-7-11-9-12(20-3)15(18)13(10-11)21-4/h7-10,18H,1-6H3/b8-7+. The Labute approximate surface area is 141 Å². The molecule has 0 atom stereocenters. The summed E-state index contributed by atoms with van der Waals surface area (Å²) in [5, 5.41) is 8.53. The summed E-state index contributed by atoms with van der Waals surface area (Å²) in [7, 11) is 1.69. The molecule has 0 spiro atoms. The summed E-state index contributed by atoms with van der Waals surface area (Å²) in [6, 6.07) is 3.09. The van der Waals surface area contributed by atoms with Gasteiger partial charge >= 0.3 is 7.60 Å². The van der Waals surface area contributed by atoms with E-state index in [2.05, 4.69) is 0 Å². The number of allylic oxidation sites excluding steroid dienone is 1. The van der Waals surface area contributed by atoms with Crippen molar-refractivity contribution in [2.75, 3.05) is 28.4 Å². The summed E-state index contributed by atoms with van der Waals surface area (Å²) in [4.78, 5) is 12.4. The summed E-state index contributed by atoms with van der Waals surface area (Å²) in [6.45, 7) is 2.98. The normalized spacial score (nSPS) is 12.4. The number of methoxy groups -OCH3 is 2. The van der Waals surface area contributed by atoms with Crippen molar-refractivity contribution in [3.05, 3.63) is 23.8 Å². The van der Waals surface area contributed by atoms with Crippen LogP contribution in [0.25, 0.3) is 6.08 Å². The molecule has 0 fully saturated rings. The van der Waals surface area contributed by atoms with Crippen molar-refractivity contribution in [1.29, 1.82) is 0 Å². The Bertz CT molecular complexity index is 646. The molecule has 0 aliphatic rings. The minimum atomic E-state index is -3.59. The smallest absolute Gasteiger partial charge is 0.343 e. The number of rotatable bonds is 8. The summed E-state index contributed by atoms with van der Waals surface area (Å²) in [5.74, 6) is -0.145. The molecule has 24 heavy (non-hydrogen) atoms. The predicted octanol–water partition coefficient (Wildman–Crippen LogP) is 3.26. The number of benzene rings is 1. The van der Waals surface area contributed by atoms with Gasteiger partial charge in [-0.1, -0.05) is 6.08 Å². The molecule has 0 saturated heterocycles. The lowest BCUT2D eigenvalue weighted by atomic mass is 10.1. The van der Waals surface area contributed by atoms with Crippen LogP contribution in [0.4, 0.5) is 0 Å². The lowest BCUT2D eigenvalue weighted by molar-refractivity contribution is -0.116. The molecule has 0 radical (unpaired) electrons. The fourth-order valence-corrected chi connectivity index (χ4v) is 3.46. The zero-order valence-corrected chi connectivity index (χ0v) is 15.5. The van der Waals surface area contributed by atoms with Gasteiger partial charge in [-0.2, -0.15) is 0 Å². The highest BCUT2D eigenvalue weighted by Crippen LogP contribution is 2.59. The van der Waals surface area contributed by atoms with Gasteiger partial charge in [0.15, 0.2) is 17.3 Å². The zero-order valence-electron chi connectivity index (χ0n) is 14.7. The highest BCUT2D eigenvalue weighted by Gasteiger charge is 2.46. The molecule has 0 bridgehead atoms. The van der Waals surface area contributed by atoms with Crippen molar-refractivity contribution < 1.29 is 33.0 Å².